The van der Waals surface area contributed by atoms with Crippen molar-refractivity contribution < 1.29 is 9.52 Å². The third-order valence-electron chi connectivity index (χ3n) is 9.08. The van der Waals surface area contributed by atoms with Crippen LogP contribution in [0.2, 0.25) is 0 Å². The molecule has 0 fully saturated rings. The van der Waals surface area contributed by atoms with Crippen LogP contribution in [0.25, 0.3) is 50.0 Å². The van der Waals surface area contributed by atoms with Crippen LogP contribution in [0.15, 0.2) is 120 Å². The Morgan fingerprint density at radius 3 is 2.22 bits per heavy atom. The smallest absolute Gasteiger partial charge is 0.162 e. The van der Waals surface area contributed by atoms with Gasteiger partial charge in [0.25, 0.3) is 0 Å². The van der Waals surface area contributed by atoms with Crippen LogP contribution in [0.3, 0.4) is 0 Å². The van der Waals surface area contributed by atoms with Gasteiger partial charge in [0.15, 0.2) is 5.58 Å². The number of aromatic hydroxyl groups is 1. The van der Waals surface area contributed by atoms with Crippen molar-refractivity contribution >= 4 is 44.3 Å². The number of imidazole rings is 1. The largest absolute Gasteiger partial charge is 0.506 e. The van der Waals surface area contributed by atoms with Crippen LogP contribution < -0.4 is 9.80 Å². The predicted octanol–water partition coefficient (Wildman–Crippen LogP) is 10.3. The Hall–Kier alpha value is -5.49. The van der Waals surface area contributed by atoms with Crippen LogP contribution in [0.1, 0.15) is 50.7 Å². The zero-order valence-electron chi connectivity index (χ0n) is 26.5. The zero-order chi connectivity index (χ0) is 31.5. The maximum absolute atomic E-state index is 11.0. The third-order valence-corrected chi connectivity index (χ3v) is 9.08. The first-order valence-electron chi connectivity index (χ1n) is 15.9. The summed E-state index contributed by atoms with van der Waals surface area (Å²) in [5.41, 5.74) is 10.1. The second-order valence-electron chi connectivity index (χ2n) is 12.7. The van der Waals surface area contributed by atoms with Gasteiger partial charge in [0, 0.05) is 34.4 Å². The van der Waals surface area contributed by atoms with Gasteiger partial charge in [-0.2, -0.15) is 0 Å². The minimum absolute atomic E-state index is 0.185. The van der Waals surface area contributed by atoms with Gasteiger partial charge >= 0.3 is 0 Å². The summed E-state index contributed by atoms with van der Waals surface area (Å²) >= 11 is 0. The standard InChI is InChI=1S/C40H36N4O2/c1-25(2)29-14-10-15-30(26(3)4)37(29)44-34-17-7-6-16-33(34)41-40(44)27-11-9-12-28(23-27)42-21-22-43(24-42)38-35(45)20-19-32-31-13-5-8-18-36(31)46-39(32)38/h5-23,25-26,45H,24H2,1-4H3. The lowest BCUT2D eigenvalue weighted by atomic mass is 9.92. The highest BCUT2D eigenvalue weighted by Gasteiger charge is 2.25. The number of furan rings is 1. The van der Waals surface area contributed by atoms with Crippen molar-refractivity contribution in [1.29, 1.82) is 0 Å². The van der Waals surface area contributed by atoms with E-state index in [-0.39, 0.29) is 5.75 Å². The fourth-order valence-corrected chi connectivity index (χ4v) is 6.81. The van der Waals surface area contributed by atoms with Crippen LogP contribution in [-0.2, 0) is 0 Å². The Balaban J connectivity index is 1.21. The lowest BCUT2D eigenvalue weighted by Crippen LogP contribution is -2.24. The van der Waals surface area contributed by atoms with Crippen molar-refractivity contribution in [2.45, 2.75) is 39.5 Å². The molecule has 0 saturated heterocycles. The molecular weight excluding hydrogens is 568 g/mol. The van der Waals surface area contributed by atoms with Gasteiger partial charge in [-0.05, 0) is 65.4 Å². The maximum atomic E-state index is 11.0. The van der Waals surface area contributed by atoms with Gasteiger partial charge in [-0.25, -0.2) is 4.98 Å². The van der Waals surface area contributed by atoms with Gasteiger partial charge in [0.1, 0.15) is 22.8 Å². The molecule has 6 nitrogen and oxygen atoms in total. The fraction of sp³-hybridized carbons (Fsp3) is 0.175. The van der Waals surface area contributed by atoms with E-state index in [0.29, 0.717) is 29.8 Å². The topological polar surface area (TPSA) is 57.7 Å². The highest BCUT2D eigenvalue weighted by Crippen LogP contribution is 2.43. The number of hydrogen-bond acceptors (Lipinski definition) is 5. The lowest BCUT2D eigenvalue weighted by Gasteiger charge is -2.24. The molecule has 6 heteroatoms. The first-order valence-corrected chi connectivity index (χ1v) is 15.9. The fourth-order valence-electron chi connectivity index (χ4n) is 6.81. The molecule has 0 aliphatic carbocycles. The minimum atomic E-state index is 0.185. The quantitative estimate of drug-likeness (QED) is 0.205. The number of phenolic OH excluding ortho intramolecular Hbond substituents is 1. The number of rotatable bonds is 6. The Morgan fingerprint density at radius 1 is 0.696 bits per heavy atom. The van der Waals surface area contributed by atoms with Crippen LogP contribution >= 0.6 is 0 Å². The molecule has 0 amide bonds. The van der Waals surface area contributed by atoms with Crippen LogP contribution in [-0.4, -0.2) is 21.3 Å². The van der Waals surface area contributed by atoms with Gasteiger partial charge < -0.3 is 19.3 Å². The van der Waals surface area contributed by atoms with Crippen LogP contribution in [0.5, 0.6) is 5.75 Å². The summed E-state index contributed by atoms with van der Waals surface area (Å²) in [7, 11) is 0. The molecule has 1 N–H and O–H groups in total. The van der Waals surface area contributed by atoms with Gasteiger partial charge in [-0.3, -0.25) is 4.57 Å². The van der Waals surface area contributed by atoms with E-state index in [0.717, 1.165) is 44.5 Å². The molecule has 7 aromatic rings. The monoisotopic (exact) mass is 604 g/mol. The predicted molar refractivity (Wildman–Crippen MR) is 189 cm³/mol. The average molecular weight is 605 g/mol. The van der Waals surface area contributed by atoms with Gasteiger partial charge in [-0.1, -0.05) is 88.4 Å². The summed E-state index contributed by atoms with van der Waals surface area (Å²) < 4.78 is 8.63. The Labute approximate surface area is 268 Å². The summed E-state index contributed by atoms with van der Waals surface area (Å²) in [5, 5.41) is 13.0. The molecule has 0 unspecified atom stereocenters. The van der Waals surface area contributed by atoms with E-state index >= 15 is 0 Å². The Kier molecular flexibility index (Phi) is 6.60. The Morgan fingerprint density at radius 2 is 1.41 bits per heavy atom. The molecule has 0 saturated carbocycles. The molecule has 0 atom stereocenters. The normalized spacial score (nSPS) is 13.4. The first-order chi connectivity index (χ1) is 22.4. The second kappa shape index (κ2) is 10.8. The highest BCUT2D eigenvalue weighted by molar-refractivity contribution is 6.10. The van der Waals surface area contributed by atoms with Gasteiger partial charge in [0.2, 0.25) is 0 Å². The minimum Gasteiger partial charge on any atom is -0.506 e. The molecule has 3 heterocycles. The number of nitrogens with zero attached hydrogens (tertiary/aromatic N) is 4. The van der Waals surface area contributed by atoms with Crippen LogP contribution in [0.4, 0.5) is 11.4 Å². The molecule has 0 radical (unpaired) electrons. The maximum Gasteiger partial charge on any atom is 0.162 e. The number of para-hydroxylation sites is 4. The molecule has 0 bridgehead atoms. The highest BCUT2D eigenvalue weighted by atomic mass is 16.3. The van der Waals surface area contributed by atoms with Crippen molar-refractivity contribution in [2.24, 2.45) is 0 Å². The van der Waals surface area contributed by atoms with Gasteiger partial charge in [-0.15, -0.1) is 0 Å². The van der Waals surface area contributed by atoms with E-state index in [1.54, 1.807) is 6.07 Å². The average Bonchev–Trinajstić information content (AvgIpc) is 3.80. The molecule has 1 aliphatic rings. The van der Waals surface area contributed by atoms with E-state index in [1.165, 1.54) is 16.8 Å². The summed E-state index contributed by atoms with van der Waals surface area (Å²) in [6.45, 7) is 9.57. The second-order valence-corrected chi connectivity index (χ2v) is 12.7. The molecule has 5 aromatic carbocycles. The van der Waals surface area contributed by atoms with Crippen molar-refractivity contribution in [3.63, 3.8) is 0 Å². The Bertz CT molecular complexity index is 2260. The zero-order valence-corrected chi connectivity index (χ0v) is 26.5. The molecule has 228 valence electrons. The van der Waals surface area contributed by atoms with E-state index in [4.69, 9.17) is 9.40 Å². The molecule has 2 aromatic heterocycles. The number of hydrogen-bond donors (Lipinski definition) is 1. The number of fused-ring (bicyclic) bond motifs is 4. The van der Waals surface area contributed by atoms with E-state index in [1.807, 2.05) is 41.6 Å². The number of benzene rings is 5. The molecule has 0 spiro atoms. The van der Waals surface area contributed by atoms with E-state index in [2.05, 4.69) is 110 Å². The van der Waals surface area contributed by atoms with Crippen molar-refractivity contribution in [3.8, 4) is 22.8 Å². The van der Waals surface area contributed by atoms with E-state index in [9.17, 15) is 5.11 Å². The molecule has 1 aliphatic heterocycles. The molecule has 46 heavy (non-hydrogen) atoms. The van der Waals surface area contributed by atoms with Crippen molar-refractivity contribution in [1.82, 2.24) is 9.55 Å². The van der Waals surface area contributed by atoms with Crippen LogP contribution in [0, 0.1) is 0 Å². The number of phenols is 1. The molecular formula is C40H36N4O2. The first kappa shape index (κ1) is 28.0. The number of aromatic nitrogens is 2. The molecule has 8 rings (SSSR count). The van der Waals surface area contributed by atoms with Crippen molar-refractivity contribution in [2.75, 3.05) is 16.5 Å². The van der Waals surface area contributed by atoms with E-state index < -0.39 is 0 Å². The van der Waals surface area contributed by atoms with Crippen molar-refractivity contribution in [3.05, 3.63) is 127 Å². The third kappa shape index (κ3) is 4.44. The lowest BCUT2D eigenvalue weighted by molar-refractivity contribution is 0.475. The summed E-state index contributed by atoms with van der Waals surface area (Å²) in [4.78, 5) is 9.44. The summed E-state index contributed by atoms with van der Waals surface area (Å²) in [6.07, 6.45) is 4.05. The SMILES string of the molecule is CC(C)c1cccc(C(C)C)c1-n1c(-c2cccc(N3C=CN(c4c(O)ccc5c4oc4ccccc45)C3)c2)nc2ccccc21. The van der Waals surface area contributed by atoms with Gasteiger partial charge in [0.05, 0.1) is 23.4 Å². The number of anilines is 2. The summed E-state index contributed by atoms with van der Waals surface area (Å²) in [6, 6.07) is 35.3. The summed E-state index contributed by atoms with van der Waals surface area (Å²) in [5.74, 6) is 1.80.